The maximum atomic E-state index is 10.3. The van der Waals surface area contributed by atoms with Crippen molar-refractivity contribution in [2.75, 3.05) is 26.6 Å². The number of aliphatic hydroxyl groups is 1. The Kier molecular flexibility index (Phi) is 3.59. The van der Waals surface area contributed by atoms with Crippen molar-refractivity contribution < 1.29 is 19.3 Å². The number of para-hydroxylation sites is 1. The topological polar surface area (TPSA) is 60.0 Å². The molecule has 1 fully saturated rings. The van der Waals surface area contributed by atoms with Gasteiger partial charge in [-0.3, -0.25) is 0 Å². The zero-order chi connectivity index (χ0) is 13.1. The van der Waals surface area contributed by atoms with Crippen molar-refractivity contribution in [1.29, 1.82) is 0 Å². The lowest BCUT2D eigenvalue weighted by atomic mass is 9.94. The van der Waals surface area contributed by atoms with E-state index in [0.29, 0.717) is 39.1 Å². The number of ether oxygens (including phenoxy) is 3. The molecule has 0 aromatic heterocycles. The highest BCUT2D eigenvalue weighted by Gasteiger charge is 2.29. The number of fused-ring (bicyclic) bond motifs is 1. The van der Waals surface area contributed by atoms with Gasteiger partial charge in [0.15, 0.2) is 11.5 Å². The van der Waals surface area contributed by atoms with Gasteiger partial charge >= 0.3 is 0 Å². The van der Waals surface area contributed by atoms with Crippen LogP contribution < -0.4 is 14.8 Å². The molecule has 2 aliphatic heterocycles. The zero-order valence-corrected chi connectivity index (χ0v) is 10.9. The Morgan fingerprint density at radius 3 is 2.89 bits per heavy atom. The first-order valence-electron chi connectivity index (χ1n) is 6.65. The molecule has 2 N–H and O–H groups in total. The SMILES string of the molecule is OC1(CNCc2cccc3c2OCO3)CCOCC1. The van der Waals surface area contributed by atoms with Gasteiger partial charge in [-0.1, -0.05) is 12.1 Å². The van der Waals surface area contributed by atoms with E-state index in [1.165, 1.54) is 0 Å². The minimum absolute atomic E-state index is 0.285. The van der Waals surface area contributed by atoms with Crippen LogP contribution in [0.25, 0.3) is 0 Å². The molecule has 0 spiro atoms. The number of rotatable bonds is 4. The maximum Gasteiger partial charge on any atom is 0.231 e. The Labute approximate surface area is 112 Å². The molecular weight excluding hydrogens is 246 g/mol. The van der Waals surface area contributed by atoms with E-state index in [1.54, 1.807) is 0 Å². The Hall–Kier alpha value is -1.30. The van der Waals surface area contributed by atoms with E-state index in [0.717, 1.165) is 17.1 Å². The Bertz CT molecular complexity index is 443. The molecule has 0 aliphatic carbocycles. The van der Waals surface area contributed by atoms with Gasteiger partial charge in [0, 0.05) is 44.7 Å². The van der Waals surface area contributed by atoms with E-state index in [4.69, 9.17) is 14.2 Å². The smallest absolute Gasteiger partial charge is 0.231 e. The van der Waals surface area contributed by atoms with Gasteiger partial charge in [-0.05, 0) is 6.07 Å². The van der Waals surface area contributed by atoms with E-state index in [2.05, 4.69) is 5.32 Å². The van der Waals surface area contributed by atoms with E-state index in [9.17, 15) is 5.11 Å². The first-order valence-corrected chi connectivity index (χ1v) is 6.65. The molecule has 0 atom stereocenters. The van der Waals surface area contributed by atoms with Crippen LogP contribution in [0, 0.1) is 0 Å². The molecule has 104 valence electrons. The lowest BCUT2D eigenvalue weighted by Crippen LogP contribution is -2.44. The molecular formula is C14H19NO4. The van der Waals surface area contributed by atoms with Crippen molar-refractivity contribution in [2.45, 2.75) is 25.0 Å². The summed E-state index contributed by atoms with van der Waals surface area (Å²) in [6.45, 7) is 2.79. The van der Waals surface area contributed by atoms with Crippen LogP contribution in [0.15, 0.2) is 18.2 Å². The zero-order valence-electron chi connectivity index (χ0n) is 10.9. The van der Waals surface area contributed by atoms with Crippen molar-refractivity contribution in [3.8, 4) is 11.5 Å². The third kappa shape index (κ3) is 2.83. The summed E-state index contributed by atoms with van der Waals surface area (Å²) in [5.74, 6) is 1.61. The maximum absolute atomic E-state index is 10.3. The molecule has 0 amide bonds. The predicted octanol–water partition coefficient (Wildman–Crippen LogP) is 1.05. The number of nitrogens with one attached hydrogen (secondary N) is 1. The summed E-state index contributed by atoms with van der Waals surface area (Å²) in [5, 5.41) is 13.6. The molecule has 5 nitrogen and oxygen atoms in total. The summed E-state index contributed by atoms with van der Waals surface area (Å²) in [6.07, 6.45) is 1.37. The van der Waals surface area contributed by atoms with Crippen LogP contribution in [-0.4, -0.2) is 37.3 Å². The summed E-state index contributed by atoms with van der Waals surface area (Å²) in [7, 11) is 0. The fourth-order valence-corrected chi connectivity index (χ4v) is 2.49. The molecule has 0 bridgehead atoms. The Morgan fingerprint density at radius 1 is 1.21 bits per heavy atom. The summed E-state index contributed by atoms with van der Waals surface area (Å²) in [5.41, 5.74) is 0.416. The van der Waals surface area contributed by atoms with Gasteiger partial charge < -0.3 is 24.6 Å². The van der Waals surface area contributed by atoms with Crippen LogP contribution in [0.2, 0.25) is 0 Å². The molecule has 0 saturated carbocycles. The number of benzene rings is 1. The standard InChI is InChI=1S/C14H19NO4/c16-14(4-6-17-7-5-14)9-15-8-11-2-1-3-12-13(11)19-10-18-12/h1-3,15-16H,4-10H2. The van der Waals surface area contributed by atoms with Crippen LogP contribution in [0.5, 0.6) is 11.5 Å². The monoisotopic (exact) mass is 265 g/mol. The third-order valence-electron chi connectivity index (χ3n) is 3.67. The van der Waals surface area contributed by atoms with E-state index in [1.807, 2.05) is 18.2 Å². The highest BCUT2D eigenvalue weighted by Crippen LogP contribution is 2.35. The van der Waals surface area contributed by atoms with E-state index < -0.39 is 5.60 Å². The van der Waals surface area contributed by atoms with Crippen molar-refractivity contribution in [1.82, 2.24) is 5.32 Å². The van der Waals surface area contributed by atoms with Gasteiger partial charge in [0.05, 0.1) is 5.60 Å². The van der Waals surface area contributed by atoms with Crippen molar-refractivity contribution in [3.05, 3.63) is 23.8 Å². The van der Waals surface area contributed by atoms with Gasteiger partial charge in [0.1, 0.15) is 0 Å². The highest BCUT2D eigenvalue weighted by molar-refractivity contribution is 5.48. The van der Waals surface area contributed by atoms with Crippen molar-refractivity contribution in [2.24, 2.45) is 0 Å². The van der Waals surface area contributed by atoms with Crippen LogP contribution >= 0.6 is 0 Å². The van der Waals surface area contributed by atoms with Crippen LogP contribution in [0.4, 0.5) is 0 Å². The molecule has 1 saturated heterocycles. The molecule has 1 aromatic carbocycles. The highest BCUT2D eigenvalue weighted by atomic mass is 16.7. The first-order chi connectivity index (χ1) is 9.27. The summed E-state index contributed by atoms with van der Waals surface area (Å²) >= 11 is 0. The quantitative estimate of drug-likeness (QED) is 0.852. The largest absolute Gasteiger partial charge is 0.454 e. The lowest BCUT2D eigenvalue weighted by Gasteiger charge is -2.32. The fourth-order valence-electron chi connectivity index (χ4n) is 2.49. The number of hydrogen-bond acceptors (Lipinski definition) is 5. The van der Waals surface area contributed by atoms with Gasteiger partial charge in [-0.25, -0.2) is 0 Å². The minimum Gasteiger partial charge on any atom is -0.454 e. The average molecular weight is 265 g/mol. The van der Waals surface area contributed by atoms with Crippen molar-refractivity contribution >= 4 is 0 Å². The normalized spacial score (nSPS) is 20.5. The Balaban J connectivity index is 1.56. The van der Waals surface area contributed by atoms with Gasteiger partial charge in [0.25, 0.3) is 0 Å². The molecule has 0 unspecified atom stereocenters. The van der Waals surface area contributed by atoms with E-state index >= 15 is 0 Å². The molecule has 3 rings (SSSR count). The van der Waals surface area contributed by atoms with Gasteiger partial charge in [-0.2, -0.15) is 0 Å². The lowest BCUT2D eigenvalue weighted by molar-refractivity contribution is -0.0617. The first kappa shape index (κ1) is 12.7. The molecule has 1 aromatic rings. The minimum atomic E-state index is -0.645. The summed E-state index contributed by atoms with van der Waals surface area (Å²) in [6, 6.07) is 5.86. The van der Waals surface area contributed by atoms with Gasteiger partial charge in [0.2, 0.25) is 6.79 Å². The van der Waals surface area contributed by atoms with E-state index in [-0.39, 0.29) is 6.79 Å². The summed E-state index contributed by atoms with van der Waals surface area (Å²) < 4.78 is 16.1. The summed E-state index contributed by atoms with van der Waals surface area (Å²) in [4.78, 5) is 0. The van der Waals surface area contributed by atoms with Gasteiger partial charge in [-0.15, -0.1) is 0 Å². The van der Waals surface area contributed by atoms with Crippen LogP contribution in [0.3, 0.4) is 0 Å². The molecule has 19 heavy (non-hydrogen) atoms. The second-order valence-electron chi connectivity index (χ2n) is 5.09. The van der Waals surface area contributed by atoms with Crippen LogP contribution in [-0.2, 0) is 11.3 Å². The second-order valence-corrected chi connectivity index (χ2v) is 5.09. The molecule has 0 radical (unpaired) electrons. The molecule has 2 aliphatic rings. The number of hydrogen-bond donors (Lipinski definition) is 2. The Morgan fingerprint density at radius 2 is 2.05 bits per heavy atom. The fraction of sp³-hybridized carbons (Fsp3) is 0.571. The predicted molar refractivity (Wildman–Crippen MR) is 69.3 cm³/mol. The van der Waals surface area contributed by atoms with Crippen molar-refractivity contribution in [3.63, 3.8) is 0 Å². The average Bonchev–Trinajstić information content (AvgIpc) is 2.88. The van der Waals surface area contributed by atoms with Crippen LogP contribution in [0.1, 0.15) is 18.4 Å². The molecule has 2 heterocycles. The third-order valence-corrected chi connectivity index (χ3v) is 3.67. The second kappa shape index (κ2) is 5.36. The molecule has 5 heteroatoms.